The van der Waals surface area contributed by atoms with Gasteiger partial charge in [0.05, 0.1) is 0 Å². The zero-order valence-electron chi connectivity index (χ0n) is 14.6. The Bertz CT molecular complexity index is 823. The van der Waals surface area contributed by atoms with Crippen molar-refractivity contribution in [1.82, 2.24) is 10.2 Å². The van der Waals surface area contributed by atoms with E-state index in [-0.39, 0.29) is 17.4 Å². The summed E-state index contributed by atoms with van der Waals surface area (Å²) in [7, 11) is 0. The fourth-order valence-electron chi connectivity index (χ4n) is 2.27. The average molecular weight is 402 g/mol. The number of primary amides is 1. The standard InChI is InChI=1S/C20H20ClN3O2S/c21-17-9-6-15(7-10-17)8-11-19(26)23-20(27)24(13-12-18(22)25)14-16-4-2-1-3-5-16/h1-11H,12-14H2,(H2,22,25)(H,23,26,27)/b11-8+. The molecule has 0 heterocycles. The van der Waals surface area contributed by atoms with E-state index in [4.69, 9.17) is 29.6 Å². The molecule has 0 saturated heterocycles. The molecule has 2 rings (SSSR count). The Balaban J connectivity index is 1.99. The average Bonchev–Trinajstić information content (AvgIpc) is 2.65. The van der Waals surface area contributed by atoms with Crippen LogP contribution < -0.4 is 11.1 Å². The van der Waals surface area contributed by atoms with Gasteiger partial charge in [-0.3, -0.25) is 14.9 Å². The van der Waals surface area contributed by atoms with Gasteiger partial charge in [0.15, 0.2) is 5.11 Å². The Labute approximate surface area is 168 Å². The van der Waals surface area contributed by atoms with Crippen molar-refractivity contribution in [3.63, 3.8) is 0 Å². The third-order valence-corrected chi connectivity index (χ3v) is 4.27. The molecule has 0 saturated carbocycles. The fourth-order valence-corrected chi connectivity index (χ4v) is 2.66. The molecule has 2 aromatic carbocycles. The minimum absolute atomic E-state index is 0.142. The normalized spacial score (nSPS) is 10.6. The van der Waals surface area contributed by atoms with E-state index in [1.807, 2.05) is 30.3 Å². The smallest absolute Gasteiger partial charge is 0.250 e. The lowest BCUT2D eigenvalue weighted by molar-refractivity contribution is -0.118. The second-order valence-corrected chi connectivity index (χ2v) is 6.63. The highest BCUT2D eigenvalue weighted by atomic mass is 35.5. The molecule has 5 nitrogen and oxygen atoms in total. The maximum Gasteiger partial charge on any atom is 0.250 e. The van der Waals surface area contributed by atoms with Crippen molar-refractivity contribution in [3.8, 4) is 0 Å². The minimum Gasteiger partial charge on any atom is -0.370 e. The van der Waals surface area contributed by atoms with Crippen LogP contribution in [0, 0.1) is 0 Å². The summed E-state index contributed by atoms with van der Waals surface area (Å²) >= 11 is 11.2. The van der Waals surface area contributed by atoms with Gasteiger partial charge in [0.2, 0.25) is 11.8 Å². The number of nitrogens with one attached hydrogen (secondary N) is 1. The predicted octanol–water partition coefficient (Wildman–Crippen LogP) is 3.13. The molecule has 0 bridgehead atoms. The number of rotatable bonds is 7. The van der Waals surface area contributed by atoms with Crippen LogP contribution >= 0.6 is 23.8 Å². The summed E-state index contributed by atoms with van der Waals surface area (Å²) in [5.74, 6) is -0.781. The van der Waals surface area contributed by atoms with Crippen molar-refractivity contribution < 1.29 is 9.59 Å². The van der Waals surface area contributed by atoms with Gasteiger partial charge in [-0.05, 0) is 41.6 Å². The predicted molar refractivity (Wildman–Crippen MR) is 112 cm³/mol. The lowest BCUT2D eigenvalue weighted by atomic mass is 10.2. The molecule has 0 atom stereocenters. The van der Waals surface area contributed by atoms with Gasteiger partial charge in [0.1, 0.15) is 0 Å². The number of amides is 2. The molecule has 0 fully saturated rings. The third-order valence-electron chi connectivity index (χ3n) is 3.66. The van der Waals surface area contributed by atoms with Crippen molar-refractivity contribution in [3.05, 3.63) is 76.8 Å². The second-order valence-electron chi connectivity index (χ2n) is 5.80. The molecule has 27 heavy (non-hydrogen) atoms. The summed E-state index contributed by atoms with van der Waals surface area (Å²) in [4.78, 5) is 25.0. The molecular weight excluding hydrogens is 382 g/mol. The molecule has 0 unspecified atom stereocenters. The van der Waals surface area contributed by atoms with Crippen LogP contribution in [0.25, 0.3) is 6.08 Å². The highest BCUT2D eigenvalue weighted by Crippen LogP contribution is 2.10. The van der Waals surface area contributed by atoms with Gasteiger partial charge in [0, 0.05) is 30.6 Å². The van der Waals surface area contributed by atoms with Gasteiger partial charge in [-0.2, -0.15) is 0 Å². The van der Waals surface area contributed by atoms with Crippen molar-refractivity contribution in [2.45, 2.75) is 13.0 Å². The minimum atomic E-state index is -0.426. The van der Waals surface area contributed by atoms with Crippen LogP contribution in [0.3, 0.4) is 0 Å². The summed E-state index contributed by atoms with van der Waals surface area (Å²) in [6.45, 7) is 0.790. The SMILES string of the molecule is NC(=O)CCN(Cc1ccccc1)C(=S)NC(=O)/C=C/c1ccc(Cl)cc1. The number of hydrogen-bond donors (Lipinski definition) is 2. The Morgan fingerprint density at radius 2 is 1.78 bits per heavy atom. The maximum atomic E-state index is 12.2. The highest BCUT2D eigenvalue weighted by Gasteiger charge is 2.13. The molecule has 0 aliphatic heterocycles. The number of hydrogen-bond acceptors (Lipinski definition) is 3. The first-order valence-corrected chi connectivity index (χ1v) is 9.08. The molecule has 2 aromatic rings. The second kappa shape index (κ2) is 10.4. The van der Waals surface area contributed by atoms with E-state index in [1.54, 1.807) is 35.2 Å². The van der Waals surface area contributed by atoms with Crippen molar-refractivity contribution in [2.24, 2.45) is 5.73 Å². The first-order chi connectivity index (χ1) is 12.9. The number of nitrogens with zero attached hydrogens (tertiary/aromatic N) is 1. The lowest BCUT2D eigenvalue weighted by Crippen LogP contribution is -2.43. The van der Waals surface area contributed by atoms with Gasteiger partial charge in [0.25, 0.3) is 0 Å². The Hall–Kier alpha value is -2.70. The molecule has 0 aliphatic carbocycles. The zero-order valence-corrected chi connectivity index (χ0v) is 16.2. The van der Waals surface area contributed by atoms with E-state index in [2.05, 4.69) is 5.32 Å². The van der Waals surface area contributed by atoms with Crippen LogP contribution in [0.15, 0.2) is 60.7 Å². The topological polar surface area (TPSA) is 75.4 Å². The molecule has 7 heteroatoms. The number of benzene rings is 2. The number of thiocarbonyl (C=S) groups is 1. The van der Waals surface area contributed by atoms with E-state index < -0.39 is 5.91 Å². The monoisotopic (exact) mass is 401 g/mol. The molecule has 0 radical (unpaired) electrons. The Morgan fingerprint density at radius 1 is 1.11 bits per heavy atom. The van der Waals surface area contributed by atoms with Gasteiger partial charge in [-0.1, -0.05) is 54.1 Å². The quantitative estimate of drug-likeness (QED) is 0.552. The highest BCUT2D eigenvalue weighted by molar-refractivity contribution is 7.80. The van der Waals surface area contributed by atoms with Crippen molar-refractivity contribution in [2.75, 3.05) is 6.54 Å². The molecule has 0 aromatic heterocycles. The van der Waals surface area contributed by atoms with E-state index in [0.717, 1.165) is 11.1 Å². The Morgan fingerprint density at radius 3 is 2.41 bits per heavy atom. The maximum absolute atomic E-state index is 12.2. The molecule has 0 aliphatic rings. The largest absolute Gasteiger partial charge is 0.370 e. The molecule has 140 valence electrons. The summed E-state index contributed by atoms with van der Waals surface area (Å²) in [6.07, 6.45) is 3.20. The first-order valence-electron chi connectivity index (χ1n) is 8.30. The van der Waals surface area contributed by atoms with E-state index >= 15 is 0 Å². The summed E-state index contributed by atoms with van der Waals surface area (Å²) < 4.78 is 0. The van der Waals surface area contributed by atoms with E-state index in [9.17, 15) is 9.59 Å². The van der Waals surface area contributed by atoms with Crippen LogP contribution in [-0.2, 0) is 16.1 Å². The van der Waals surface area contributed by atoms with Gasteiger partial charge < -0.3 is 10.6 Å². The number of nitrogens with two attached hydrogens (primary N) is 1. The summed E-state index contributed by atoms with van der Waals surface area (Å²) in [6, 6.07) is 16.7. The fraction of sp³-hybridized carbons (Fsp3) is 0.150. The molecule has 3 N–H and O–H groups in total. The molecule has 0 spiro atoms. The van der Waals surface area contributed by atoms with Crippen molar-refractivity contribution >= 4 is 46.8 Å². The number of halogens is 1. The van der Waals surface area contributed by atoms with Crippen LogP contribution in [0.2, 0.25) is 5.02 Å². The molecular formula is C20H20ClN3O2S. The van der Waals surface area contributed by atoms with Crippen LogP contribution in [0.1, 0.15) is 17.5 Å². The van der Waals surface area contributed by atoms with E-state index in [1.165, 1.54) is 6.08 Å². The van der Waals surface area contributed by atoms with Crippen LogP contribution in [0.4, 0.5) is 0 Å². The van der Waals surface area contributed by atoms with Crippen LogP contribution in [0.5, 0.6) is 0 Å². The van der Waals surface area contributed by atoms with Crippen molar-refractivity contribution in [1.29, 1.82) is 0 Å². The van der Waals surface area contributed by atoms with Crippen LogP contribution in [-0.4, -0.2) is 28.4 Å². The number of carbonyl (C=O) groups is 2. The third kappa shape index (κ3) is 7.60. The van der Waals surface area contributed by atoms with E-state index in [0.29, 0.717) is 18.1 Å². The zero-order chi connectivity index (χ0) is 19.6. The molecule has 2 amide bonds. The van der Waals surface area contributed by atoms with Gasteiger partial charge in [-0.25, -0.2) is 0 Å². The Kier molecular flexibility index (Phi) is 7.98. The summed E-state index contributed by atoms with van der Waals surface area (Å²) in [5, 5.41) is 3.53. The van der Waals surface area contributed by atoms with Gasteiger partial charge >= 0.3 is 0 Å². The van der Waals surface area contributed by atoms with Gasteiger partial charge in [-0.15, -0.1) is 0 Å². The lowest BCUT2D eigenvalue weighted by Gasteiger charge is -2.24. The summed E-state index contributed by atoms with van der Waals surface area (Å²) in [5.41, 5.74) is 7.09. The number of carbonyl (C=O) groups excluding carboxylic acids is 2. The first kappa shape index (κ1) is 20.6.